The highest BCUT2D eigenvalue weighted by atomic mass is 35.5. The Morgan fingerprint density at radius 1 is 1.11 bits per heavy atom. The van der Waals surface area contributed by atoms with Crippen molar-refractivity contribution < 1.29 is 9.53 Å². The second kappa shape index (κ2) is 10.3. The smallest absolute Gasteiger partial charge is 0.408 e. The lowest BCUT2D eigenvalue weighted by molar-refractivity contribution is 0.0428. The summed E-state index contributed by atoms with van der Waals surface area (Å²) in [5, 5.41) is 4.62. The third kappa shape index (κ3) is 5.66. The van der Waals surface area contributed by atoms with Crippen molar-refractivity contribution in [3.05, 3.63) is 70.2 Å². The van der Waals surface area contributed by atoms with Crippen LogP contribution >= 0.6 is 35.0 Å². The van der Waals surface area contributed by atoms with Gasteiger partial charge in [-0.1, -0.05) is 59.2 Å². The maximum absolute atomic E-state index is 12.8. The fourth-order valence-corrected chi connectivity index (χ4v) is 6.40. The fraction of sp³-hybridized carbons (Fsp3) is 0.407. The molecule has 2 aliphatic rings. The molecular weight excluding hydrogens is 529 g/mol. The maximum atomic E-state index is 12.8. The normalized spacial score (nSPS) is 18.5. The molecule has 0 bridgehead atoms. The van der Waals surface area contributed by atoms with Crippen molar-refractivity contribution in [2.45, 2.75) is 61.6 Å². The lowest BCUT2D eigenvalue weighted by atomic mass is 9.72. The minimum atomic E-state index is -0.545. The molecule has 1 atom stereocenters. The highest BCUT2D eigenvalue weighted by Crippen LogP contribution is 2.52. The molecule has 0 radical (unpaired) electrons. The Hall–Kier alpha value is -2.55. The summed E-state index contributed by atoms with van der Waals surface area (Å²) in [5.41, 5.74) is 1.89. The number of aromatic nitrogens is 3. The zero-order valence-electron chi connectivity index (χ0n) is 21.0. The lowest BCUT2D eigenvalue weighted by Gasteiger charge is -2.43. The van der Waals surface area contributed by atoms with Crippen molar-refractivity contribution in [2.75, 3.05) is 18.0 Å². The van der Waals surface area contributed by atoms with Gasteiger partial charge >= 0.3 is 6.09 Å². The van der Waals surface area contributed by atoms with Gasteiger partial charge in [-0.3, -0.25) is 0 Å². The molecule has 3 aromatic rings. The molecule has 0 unspecified atom stereocenters. The Bertz CT molecular complexity index is 1290. The van der Waals surface area contributed by atoms with Crippen LogP contribution in [0, 0.1) is 5.41 Å². The van der Waals surface area contributed by atoms with Gasteiger partial charge in [0, 0.05) is 29.6 Å². The van der Waals surface area contributed by atoms with Crippen molar-refractivity contribution >= 4 is 46.9 Å². The number of hydrogen-bond acceptors (Lipinski definition) is 7. The molecule has 0 saturated carbocycles. The summed E-state index contributed by atoms with van der Waals surface area (Å²) < 4.78 is 5.61. The van der Waals surface area contributed by atoms with E-state index in [-0.39, 0.29) is 22.7 Å². The van der Waals surface area contributed by atoms with Gasteiger partial charge in [-0.25, -0.2) is 19.7 Å². The number of rotatable bonds is 4. The van der Waals surface area contributed by atoms with Crippen LogP contribution in [0.5, 0.6) is 0 Å². The van der Waals surface area contributed by atoms with E-state index in [0.29, 0.717) is 5.02 Å². The van der Waals surface area contributed by atoms with Crippen LogP contribution in [0.25, 0.3) is 0 Å². The standard InChI is InChI=1S/C27H29Cl2N5O2S/c1-26(2,3)36-25(35)33-23-18-7-5-4-6-17(18)14-27(23)9-12-34(13-10-27)20-15-32-21(16-31-20)37-19-8-11-30-24(29)22(19)28/h4-8,11,15-16,23H,9-10,12-14H2,1-3H3,(H,33,35)/t23-/m1/s1. The van der Waals surface area contributed by atoms with E-state index in [1.807, 2.05) is 26.8 Å². The number of carbonyl (C=O) groups is 1. The summed E-state index contributed by atoms with van der Waals surface area (Å²) in [6.45, 7) is 7.31. The maximum Gasteiger partial charge on any atom is 0.408 e. The molecule has 1 spiro atoms. The first-order valence-corrected chi connectivity index (χ1v) is 13.8. The molecule has 1 aliphatic heterocycles. The van der Waals surface area contributed by atoms with Crippen LogP contribution < -0.4 is 10.2 Å². The molecule has 2 aromatic heterocycles. The lowest BCUT2D eigenvalue weighted by Crippen LogP contribution is -2.47. The highest BCUT2D eigenvalue weighted by molar-refractivity contribution is 7.99. The monoisotopic (exact) mass is 557 g/mol. The van der Waals surface area contributed by atoms with Crippen molar-refractivity contribution in [1.82, 2.24) is 20.3 Å². The largest absolute Gasteiger partial charge is 0.444 e. The van der Waals surface area contributed by atoms with Gasteiger partial charge in [0.25, 0.3) is 0 Å². The number of carbonyl (C=O) groups excluding carboxylic acids is 1. The summed E-state index contributed by atoms with van der Waals surface area (Å²) in [5.74, 6) is 0.838. The van der Waals surface area contributed by atoms with E-state index in [9.17, 15) is 4.79 Å². The predicted molar refractivity (Wildman–Crippen MR) is 147 cm³/mol. The molecule has 1 saturated heterocycles. The fourth-order valence-electron chi connectivity index (χ4n) is 5.21. The number of nitrogens with zero attached hydrogens (tertiary/aromatic N) is 4. The number of anilines is 1. The summed E-state index contributed by atoms with van der Waals surface area (Å²) in [6, 6.07) is 10.1. The quantitative estimate of drug-likeness (QED) is 0.356. The Morgan fingerprint density at radius 3 is 2.57 bits per heavy atom. The molecule has 3 heterocycles. The number of hydrogen-bond donors (Lipinski definition) is 1. The van der Waals surface area contributed by atoms with Crippen LogP contribution in [-0.2, 0) is 11.2 Å². The minimum Gasteiger partial charge on any atom is -0.444 e. The Kier molecular flexibility index (Phi) is 7.27. The number of pyridine rings is 1. The number of fused-ring (bicyclic) bond motifs is 1. The molecule has 1 aliphatic carbocycles. The van der Waals surface area contributed by atoms with Gasteiger partial charge in [0.1, 0.15) is 21.6 Å². The summed E-state index contributed by atoms with van der Waals surface area (Å²) >= 11 is 13.7. The topological polar surface area (TPSA) is 80.2 Å². The summed E-state index contributed by atoms with van der Waals surface area (Å²) in [7, 11) is 0. The third-order valence-corrected chi connectivity index (χ3v) is 8.76. The zero-order chi connectivity index (χ0) is 26.2. The molecule has 1 fully saturated rings. The van der Waals surface area contributed by atoms with Gasteiger partial charge in [-0.15, -0.1) is 0 Å². The highest BCUT2D eigenvalue weighted by Gasteiger charge is 2.48. The average Bonchev–Trinajstić information content (AvgIpc) is 3.14. The van der Waals surface area contributed by atoms with Crippen LogP contribution in [-0.4, -0.2) is 39.7 Å². The molecule has 5 rings (SSSR count). The van der Waals surface area contributed by atoms with Gasteiger partial charge < -0.3 is 15.0 Å². The number of piperidine rings is 1. The van der Waals surface area contributed by atoms with Crippen molar-refractivity contribution in [2.24, 2.45) is 5.41 Å². The van der Waals surface area contributed by atoms with Gasteiger partial charge in [0.15, 0.2) is 0 Å². The van der Waals surface area contributed by atoms with Crippen molar-refractivity contribution in [1.29, 1.82) is 0 Å². The number of ether oxygens (including phenoxy) is 1. The van der Waals surface area contributed by atoms with E-state index < -0.39 is 5.60 Å². The van der Waals surface area contributed by atoms with Crippen LogP contribution in [0.2, 0.25) is 10.2 Å². The van der Waals surface area contributed by atoms with E-state index >= 15 is 0 Å². The molecule has 1 N–H and O–H groups in total. The van der Waals surface area contributed by atoms with Gasteiger partial charge in [-0.05, 0) is 57.2 Å². The van der Waals surface area contributed by atoms with E-state index in [2.05, 4.69) is 43.4 Å². The first kappa shape index (κ1) is 26.1. The SMILES string of the molecule is CC(C)(C)OC(=O)N[C@@H]1c2ccccc2CC12CCN(c1cnc(Sc3ccnc(Cl)c3Cl)cn1)CC2. The average molecular weight is 559 g/mol. The van der Waals surface area contributed by atoms with Gasteiger partial charge in [0.05, 0.1) is 23.5 Å². The molecule has 7 nitrogen and oxygen atoms in total. The van der Waals surface area contributed by atoms with Crippen LogP contribution in [0.3, 0.4) is 0 Å². The molecule has 194 valence electrons. The second-order valence-electron chi connectivity index (χ2n) is 10.5. The van der Waals surface area contributed by atoms with Crippen LogP contribution in [0.4, 0.5) is 10.6 Å². The molecule has 37 heavy (non-hydrogen) atoms. The summed E-state index contributed by atoms with van der Waals surface area (Å²) in [4.78, 5) is 29.1. The summed E-state index contributed by atoms with van der Waals surface area (Å²) in [6.07, 6.45) is 7.59. The van der Waals surface area contributed by atoms with Crippen LogP contribution in [0.1, 0.15) is 50.8 Å². The number of nitrogens with one attached hydrogen (secondary N) is 1. The van der Waals surface area contributed by atoms with E-state index in [1.54, 1.807) is 24.7 Å². The number of amides is 1. The predicted octanol–water partition coefficient (Wildman–Crippen LogP) is 6.74. The van der Waals surface area contributed by atoms with Crippen LogP contribution in [0.15, 0.2) is 58.8 Å². The first-order chi connectivity index (χ1) is 17.6. The van der Waals surface area contributed by atoms with Gasteiger partial charge in [-0.2, -0.15) is 0 Å². The van der Waals surface area contributed by atoms with Crippen molar-refractivity contribution in [3.63, 3.8) is 0 Å². The first-order valence-electron chi connectivity index (χ1n) is 12.3. The number of benzene rings is 1. The molecule has 1 aromatic carbocycles. The zero-order valence-corrected chi connectivity index (χ0v) is 23.3. The van der Waals surface area contributed by atoms with E-state index in [0.717, 1.165) is 48.1 Å². The molecule has 1 amide bonds. The molecular formula is C27H29Cl2N5O2S. The Balaban J connectivity index is 1.28. The number of halogens is 2. The van der Waals surface area contributed by atoms with Crippen molar-refractivity contribution in [3.8, 4) is 0 Å². The van der Waals surface area contributed by atoms with E-state index in [1.165, 1.54) is 22.9 Å². The third-order valence-electron chi connectivity index (χ3n) is 6.91. The van der Waals surface area contributed by atoms with Gasteiger partial charge in [0.2, 0.25) is 0 Å². The Morgan fingerprint density at radius 2 is 1.86 bits per heavy atom. The molecule has 10 heteroatoms. The number of alkyl carbamates (subject to hydrolysis) is 1. The minimum absolute atomic E-state index is 0.0579. The second-order valence-corrected chi connectivity index (χ2v) is 12.3. The van der Waals surface area contributed by atoms with E-state index in [4.69, 9.17) is 27.9 Å². The Labute approximate surface area is 231 Å².